The van der Waals surface area contributed by atoms with E-state index in [2.05, 4.69) is 15.3 Å². The van der Waals surface area contributed by atoms with E-state index in [1.54, 1.807) is 24.3 Å². The minimum atomic E-state index is -0.372. The number of nitrogens with zero attached hydrogens (tertiary/aromatic N) is 2. The van der Waals surface area contributed by atoms with Crippen molar-refractivity contribution >= 4 is 34.7 Å². The number of thiazole rings is 1. The standard InChI is InChI=1S/C16H11ClFN3OS/c1-9-20-14(15(23-9)10-2-5-12(18)6-3-10)16(22)21-13-7-4-11(17)8-19-13/h2-8H,1H3,(H,19,21,22). The van der Waals surface area contributed by atoms with Crippen LogP contribution < -0.4 is 5.32 Å². The third-order valence-electron chi connectivity index (χ3n) is 3.02. The van der Waals surface area contributed by atoms with Crippen LogP contribution in [0.5, 0.6) is 0 Å². The molecule has 116 valence electrons. The molecule has 3 rings (SSSR count). The van der Waals surface area contributed by atoms with Gasteiger partial charge in [0.15, 0.2) is 0 Å². The molecule has 0 spiro atoms. The molecule has 1 N–H and O–H groups in total. The molecule has 0 atom stereocenters. The summed E-state index contributed by atoms with van der Waals surface area (Å²) in [5.41, 5.74) is 1.03. The van der Waals surface area contributed by atoms with Gasteiger partial charge in [0.05, 0.1) is 14.9 Å². The summed E-state index contributed by atoms with van der Waals surface area (Å²) in [6.07, 6.45) is 1.45. The molecule has 0 aliphatic carbocycles. The molecule has 1 amide bonds. The monoisotopic (exact) mass is 347 g/mol. The van der Waals surface area contributed by atoms with Gasteiger partial charge in [-0.1, -0.05) is 23.7 Å². The summed E-state index contributed by atoms with van der Waals surface area (Å²) in [7, 11) is 0. The summed E-state index contributed by atoms with van der Waals surface area (Å²) in [5.74, 6) is -0.315. The van der Waals surface area contributed by atoms with E-state index in [0.717, 1.165) is 10.6 Å². The molecule has 0 saturated heterocycles. The molecule has 0 fully saturated rings. The topological polar surface area (TPSA) is 54.9 Å². The summed E-state index contributed by atoms with van der Waals surface area (Å²) in [4.78, 5) is 21.5. The van der Waals surface area contributed by atoms with Crippen LogP contribution in [0.2, 0.25) is 5.02 Å². The number of amides is 1. The second-order valence-electron chi connectivity index (χ2n) is 4.73. The zero-order chi connectivity index (χ0) is 16.4. The van der Waals surface area contributed by atoms with Crippen molar-refractivity contribution in [2.45, 2.75) is 6.92 Å². The maximum atomic E-state index is 13.1. The predicted molar refractivity (Wildman–Crippen MR) is 89.4 cm³/mol. The highest BCUT2D eigenvalue weighted by atomic mass is 35.5. The number of anilines is 1. The summed E-state index contributed by atoms with van der Waals surface area (Å²) in [5, 5.41) is 3.92. The summed E-state index contributed by atoms with van der Waals surface area (Å²) >= 11 is 7.15. The number of benzene rings is 1. The normalized spacial score (nSPS) is 10.6. The van der Waals surface area contributed by atoms with E-state index in [-0.39, 0.29) is 17.4 Å². The highest BCUT2D eigenvalue weighted by Gasteiger charge is 2.19. The van der Waals surface area contributed by atoms with Crippen molar-refractivity contribution in [2.75, 3.05) is 5.32 Å². The van der Waals surface area contributed by atoms with E-state index >= 15 is 0 Å². The minimum absolute atomic E-state index is 0.288. The minimum Gasteiger partial charge on any atom is -0.305 e. The van der Waals surface area contributed by atoms with Gasteiger partial charge in [-0.05, 0) is 36.8 Å². The lowest BCUT2D eigenvalue weighted by Crippen LogP contribution is -2.14. The van der Waals surface area contributed by atoms with Crippen LogP contribution in [-0.2, 0) is 0 Å². The lowest BCUT2D eigenvalue weighted by atomic mass is 10.1. The van der Waals surface area contributed by atoms with Crippen LogP contribution in [0.3, 0.4) is 0 Å². The van der Waals surface area contributed by atoms with E-state index in [1.807, 2.05) is 6.92 Å². The molecule has 7 heteroatoms. The Labute approximate surface area is 141 Å². The fourth-order valence-corrected chi connectivity index (χ4v) is 3.04. The van der Waals surface area contributed by atoms with Gasteiger partial charge < -0.3 is 5.32 Å². The van der Waals surface area contributed by atoms with Crippen LogP contribution >= 0.6 is 22.9 Å². The molecule has 0 saturated carbocycles. The molecular formula is C16H11ClFN3OS. The second-order valence-corrected chi connectivity index (χ2v) is 6.37. The van der Waals surface area contributed by atoms with E-state index in [1.165, 1.54) is 29.7 Å². The van der Waals surface area contributed by atoms with Crippen LogP contribution in [0.25, 0.3) is 10.4 Å². The number of carbonyl (C=O) groups is 1. The highest BCUT2D eigenvalue weighted by Crippen LogP contribution is 2.30. The van der Waals surface area contributed by atoms with Gasteiger partial charge in [-0.15, -0.1) is 11.3 Å². The molecule has 0 aliphatic rings. The lowest BCUT2D eigenvalue weighted by Gasteiger charge is -2.05. The Kier molecular flexibility index (Phi) is 4.36. The third-order valence-corrected chi connectivity index (χ3v) is 4.27. The molecule has 0 radical (unpaired) electrons. The smallest absolute Gasteiger partial charge is 0.276 e. The summed E-state index contributed by atoms with van der Waals surface area (Å²) in [6, 6.07) is 9.20. The first-order valence-electron chi connectivity index (χ1n) is 6.69. The van der Waals surface area contributed by atoms with Gasteiger partial charge in [0.25, 0.3) is 5.91 Å². The Morgan fingerprint density at radius 1 is 1.22 bits per heavy atom. The van der Waals surface area contributed by atoms with Gasteiger partial charge in [-0.3, -0.25) is 4.79 Å². The van der Waals surface area contributed by atoms with E-state index in [9.17, 15) is 9.18 Å². The van der Waals surface area contributed by atoms with Crippen LogP contribution in [0.15, 0.2) is 42.6 Å². The van der Waals surface area contributed by atoms with Crippen molar-refractivity contribution in [1.29, 1.82) is 0 Å². The Morgan fingerprint density at radius 3 is 2.61 bits per heavy atom. The number of halogens is 2. The second kappa shape index (κ2) is 6.44. The average Bonchev–Trinajstić information content (AvgIpc) is 2.92. The van der Waals surface area contributed by atoms with Crippen molar-refractivity contribution < 1.29 is 9.18 Å². The van der Waals surface area contributed by atoms with Gasteiger partial charge in [0, 0.05) is 6.20 Å². The van der Waals surface area contributed by atoms with Gasteiger partial charge in [0.1, 0.15) is 17.3 Å². The van der Waals surface area contributed by atoms with Gasteiger partial charge in [-0.25, -0.2) is 14.4 Å². The Bertz CT molecular complexity index is 847. The average molecular weight is 348 g/mol. The van der Waals surface area contributed by atoms with Gasteiger partial charge in [-0.2, -0.15) is 0 Å². The number of hydrogen-bond donors (Lipinski definition) is 1. The van der Waals surface area contributed by atoms with Gasteiger partial charge >= 0.3 is 0 Å². The first-order chi connectivity index (χ1) is 11.0. The van der Waals surface area contributed by atoms with Crippen LogP contribution in [-0.4, -0.2) is 15.9 Å². The molecule has 4 nitrogen and oxygen atoms in total. The Balaban J connectivity index is 1.91. The quantitative estimate of drug-likeness (QED) is 0.755. The third kappa shape index (κ3) is 3.55. The van der Waals surface area contributed by atoms with Crippen molar-refractivity contribution in [2.24, 2.45) is 0 Å². The molecule has 23 heavy (non-hydrogen) atoms. The van der Waals surface area contributed by atoms with E-state index < -0.39 is 0 Å². The van der Waals surface area contributed by atoms with Crippen LogP contribution in [0.4, 0.5) is 10.2 Å². The molecular weight excluding hydrogens is 337 g/mol. The molecule has 2 heterocycles. The number of aryl methyl sites for hydroxylation is 1. The number of carbonyl (C=O) groups excluding carboxylic acids is 1. The van der Waals surface area contributed by atoms with Crippen molar-refractivity contribution in [3.8, 4) is 10.4 Å². The Hall–Kier alpha value is -2.31. The molecule has 0 unspecified atom stereocenters. The summed E-state index contributed by atoms with van der Waals surface area (Å²) in [6.45, 7) is 1.81. The number of hydrogen-bond acceptors (Lipinski definition) is 4. The lowest BCUT2D eigenvalue weighted by molar-refractivity contribution is 0.102. The molecule has 2 aromatic heterocycles. The first-order valence-corrected chi connectivity index (χ1v) is 7.88. The van der Waals surface area contributed by atoms with Crippen LogP contribution in [0.1, 0.15) is 15.5 Å². The van der Waals surface area contributed by atoms with Crippen molar-refractivity contribution in [1.82, 2.24) is 9.97 Å². The van der Waals surface area contributed by atoms with Crippen LogP contribution in [0, 0.1) is 12.7 Å². The summed E-state index contributed by atoms with van der Waals surface area (Å²) < 4.78 is 13.1. The number of rotatable bonds is 3. The van der Waals surface area contributed by atoms with Crippen molar-refractivity contribution in [3.05, 3.63) is 64.1 Å². The van der Waals surface area contributed by atoms with E-state index in [0.29, 0.717) is 15.7 Å². The SMILES string of the molecule is Cc1nc(C(=O)Nc2ccc(Cl)cn2)c(-c2ccc(F)cc2)s1. The predicted octanol–water partition coefficient (Wildman–Crippen LogP) is 4.56. The van der Waals surface area contributed by atoms with Gasteiger partial charge in [0.2, 0.25) is 0 Å². The largest absolute Gasteiger partial charge is 0.305 e. The number of pyridine rings is 1. The van der Waals surface area contributed by atoms with Crippen molar-refractivity contribution in [3.63, 3.8) is 0 Å². The van der Waals surface area contributed by atoms with E-state index in [4.69, 9.17) is 11.6 Å². The fraction of sp³-hybridized carbons (Fsp3) is 0.0625. The molecule has 3 aromatic rings. The maximum Gasteiger partial charge on any atom is 0.276 e. The molecule has 0 aliphatic heterocycles. The molecule has 1 aromatic carbocycles. The Morgan fingerprint density at radius 2 is 1.96 bits per heavy atom. The molecule has 0 bridgehead atoms. The maximum absolute atomic E-state index is 13.1. The zero-order valence-electron chi connectivity index (χ0n) is 12.0. The first kappa shape index (κ1) is 15.6. The zero-order valence-corrected chi connectivity index (χ0v) is 13.6. The fourth-order valence-electron chi connectivity index (χ4n) is 2.00. The number of nitrogens with one attached hydrogen (secondary N) is 1. The number of aromatic nitrogens is 2. The highest BCUT2D eigenvalue weighted by molar-refractivity contribution is 7.15.